The van der Waals surface area contributed by atoms with E-state index in [4.69, 9.17) is 11.6 Å². The molecule has 1 amide bonds. The van der Waals surface area contributed by atoms with Crippen LogP contribution in [-0.2, 0) is 6.18 Å². The number of nitrogens with zero attached hydrogens (tertiary/aromatic N) is 2. The summed E-state index contributed by atoms with van der Waals surface area (Å²) in [5.41, 5.74) is -1.98. The standard InChI is InChI=1S/C15H10ClF5N2O/c16-12-7-9(5-6-22-12)14(24)23(8-13(17)18)11-4-2-1-3-10(11)15(19,20)21/h1-7,13H,8H2. The molecule has 0 spiro atoms. The number of aromatic nitrogens is 1. The van der Waals surface area contributed by atoms with Crippen molar-refractivity contribution in [2.24, 2.45) is 0 Å². The van der Waals surface area contributed by atoms with Crippen LogP contribution in [0, 0.1) is 0 Å². The molecule has 128 valence electrons. The minimum absolute atomic E-state index is 0.0815. The summed E-state index contributed by atoms with van der Waals surface area (Å²) in [4.78, 5) is 16.5. The van der Waals surface area contributed by atoms with Gasteiger partial charge in [0, 0.05) is 11.8 Å². The Labute approximate surface area is 138 Å². The Morgan fingerprint density at radius 3 is 2.46 bits per heavy atom. The highest BCUT2D eigenvalue weighted by Gasteiger charge is 2.36. The third-order valence-electron chi connectivity index (χ3n) is 3.04. The molecular weight excluding hydrogens is 355 g/mol. The van der Waals surface area contributed by atoms with E-state index in [0.717, 1.165) is 30.5 Å². The molecule has 0 atom stereocenters. The van der Waals surface area contributed by atoms with Gasteiger partial charge >= 0.3 is 6.18 Å². The van der Waals surface area contributed by atoms with Crippen LogP contribution in [0.25, 0.3) is 0 Å². The van der Waals surface area contributed by atoms with Crippen molar-refractivity contribution >= 4 is 23.2 Å². The van der Waals surface area contributed by atoms with Gasteiger partial charge in [0.05, 0.1) is 17.8 Å². The molecule has 0 radical (unpaired) electrons. The first kappa shape index (κ1) is 18.1. The van der Waals surface area contributed by atoms with Crippen molar-refractivity contribution in [2.45, 2.75) is 12.6 Å². The summed E-state index contributed by atoms with van der Waals surface area (Å²) in [6.45, 7) is -1.19. The second-order valence-electron chi connectivity index (χ2n) is 4.69. The van der Waals surface area contributed by atoms with Crippen molar-refractivity contribution in [1.29, 1.82) is 0 Å². The lowest BCUT2D eigenvalue weighted by molar-refractivity contribution is -0.137. The summed E-state index contributed by atoms with van der Waals surface area (Å²) in [6, 6.07) is 6.31. The Morgan fingerprint density at radius 1 is 1.21 bits per heavy atom. The number of hydrogen-bond donors (Lipinski definition) is 0. The highest BCUT2D eigenvalue weighted by atomic mass is 35.5. The maximum Gasteiger partial charge on any atom is 0.418 e. The monoisotopic (exact) mass is 364 g/mol. The van der Waals surface area contributed by atoms with Crippen LogP contribution in [0.4, 0.5) is 27.6 Å². The van der Waals surface area contributed by atoms with Crippen LogP contribution in [0.2, 0.25) is 5.15 Å². The molecule has 2 rings (SSSR count). The summed E-state index contributed by atoms with van der Waals surface area (Å²) >= 11 is 5.64. The number of hydrogen-bond acceptors (Lipinski definition) is 2. The summed E-state index contributed by atoms with van der Waals surface area (Å²) in [6.07, 6.45) is -6.66. The van der Waals surface area contributed by atoms with E-state index in [2.05, 4.69) is 4.98 Å². The van der Waals surface area contributed by atoms with Crippen LogP contribution in [0.3, 0.4) is 0 Å². The Hall–Kier alpha value is -2.22. The van der Waals surface area contributed by atoms with Gasteiger partial charge in [0.25, 0.3) is 12.3 Å². The molecule has 0 unspecified atom stereocenters. The third kappa shape index (κ3) is 4.19. The van der Waals surface area contributed by atoms with E-state index in [1.807, 2.05) is 0 Å². The summed E-state index contributed by atoms with van der Waals surface area (Å²) < 4.78 is 65.0. The molecule has 24 heavy (non-hydrogen) atoms. The Bertz CT molecular complexity index is 736. The number of anilines is 1. The van der Waals surface area contributed by atoms with Crippen LogP contribution in [-0.4, -0.2) is 23.9 Å². The lowest BCUT2D eigenvalue weighted by Crippen LogP contribution is -2.36. The number of rotatable bonds is 4. The average Bonchev–Trinajstić information content (AvgIpc) is 2.51. The van der Waals surface area contributed by atoms with Gasteiger partial charge in [0.15, 0.2) is 0 Å². The Kier molecular flexibility index (Phi) is 5.38. The molecule has 0 fully saturated rings. The molecule has 0 aliphatic rings. The third-order valence-corrected chi connectivity index (χ3v) is 3.25. The second-order valence-corrected chi connectivity index (χ2v) is 5.08. The number of carbonyl (C=O) groups excluding carboxylic acids is 1. The zero-order chi connectivity index (χ0) is 17.9. The molecule has 0 saturated heterocycles. The summed E-state index contributed by atoms with van der Waals surface area (Å²) in [7, 11) is 0. The van der Waals surface area contributed by atoms with Gasteiger partial charge in [-0.05, 0) is 24.3 Å². The van der Waals surface area contributed by atoms with Gasteiger partial charge in [-0.2, -0.15) is 13.2 Å². The van der Waals surface area contributed by atoms with Crippen molar-refractivity contribution in [2.75, 3.05) is 11.4 Å². The molecule has 0 aliphatic heterocycles. The van der Waals surface area contributed by atoms with E-state index >= 15 is 0 Å². The summed E-state index contributed by atoms with van der Waals surface area (Å²) in [5, 5.41) is -0.0815. The first-order valence-electron chi connectivity index (χ1n) is 6.58. The number of halogens is 6. The van der Waals surface area contributed by atoms with Crippen LogP contribution < -0.4 is 4.90 Å². The first-order chi connectivity index (χ1) is 11.2. The van der Waals surface area contributed by atoms with E-state index in [-0.39, 0.29) is 10.7 Å². The van der Waals surface area contributed by atoms with Gasteiger partial charge in [0.2, 0.25) is 0 Å². The van der Waals surface area contributed by atoms with Gasteiger partial charge in [-0.1, -0.05) is 23.7 Å². The summed E-state index contributed by atoms with van der Waals surface area (Å²) in [5.74, 6) is -1.03. The molecule has 3 nitrogen and oxygen atoms in total. The second kappa shape index (κ2) is 7.12. The number of benzene rings is 1. The normalized spacial score (nSPS) is 11.6. The largest absolute Gasteiger partial charge is 0.418 e. The lowest BCUT2D eigenvalue weighted by atomic mass is 10.1. The van der Waals surface area contributed by atoms with Crippen molar-refractivity contribution in [3.05, 3.63) is 58.9 Å². The smallest absolute Gasteiger partial charge is 0.302 e. The number of para-hydroxylation sites is 1. The minimum Gasteiger partial charge on any atom is -0.302 e. The average molecular weight is 365 g/mol. The predicted octanol–water partition coefficient (Wildman–Crippen LogP) is 4.67. The highest BCUT2D eigenvalue weighted by molar-refractivity contribution is 6.29. The van der Waals surface area contributed by atoms with Crippen LogP contribution >= 0.6 is 11.6 Å². The van der Waals surface area contributed by atoms with Gasteiger partial charge in [-0.3, -0.25) is 4.79 Å². The SMILES string of the molecule is O=C(c1ccnc(Cl)c1)N(CC(F)F)c1ccccc1C(F)(F)F. The zero-order valence-corrected chi connectivity index (χ0v) is 12.7. The molecule has 0 bridgehead atoms. The number of amides is 1. The molecule has 1 aromatic carbocycles. The Morgan fingerprint density at radius 2 is 1.88 bits per heavy atom. The minimum atomic E-state index is -4.80. The fourth-order valence-corrected chi connectivity index (χ4v) is 2.24. The van der Waals surface area contributed by atoms with Gasteiger partial charge in [0.1, 0.15) is 5.15 Å². The van der Waals surface area contributed by atoms with Crippen LogP contribution in [0.5, 0.6) is 0 Å². The molecule has 1 aromatic heterocycles. The molecule has 2 aromatic rings. The molecule has 0 N–H and O–H groups in total. The van der Waals surface area contributed by atoms with E-state index < -0.39 is 36.3 Å². The maximum absolute atomic E-state index is 13.1. The molecule has 0 saturated carbocycles. The van der Waals surface area contributed by atoms with E-state index in [1.165, 1.54) is 12.1 Å². The Balaban J connectivity index is 2.53. The first-order valence-corrected chi connectivity index (χ1v) is 6.95. The van der Waals surface area contributed by atoms with Gasteiger partial charge in [-0.25, -0.2) is 13.8 Å². The fourth-order valence-electron chi connectivity index (χ4n) is 2.07. The lowest BCUT2D eigenvalue weighted by Gasteiger charge is -2.25. The number of carbonyl (C=O) groups is 1. The van der Waals surface area contributed by atoms with Gasteiger partial charge in [-0.15, -0.1) is 0 Å². The van der Waals surface area contributed by atoms with Gasteiger partial charge < -0.3 is 4.90 Å². The quantitative estimate of drug-likeness (QED) is 0.583. The van der Waals surface area contributed by atoms with Crippen molar-refractivity contribution in [3.63, 3.8) is 0 Å². The topological polar surface area (TPSA) is 33.2 Å². The predicted molar refractivity (Wildman–Crippen MR) is 78.4 cm³/mol. The molecule has 0 aliphatic carbocycles. The van der Waals surface area contributed by atoms with Crippen molar-refractivity contribution in [3.8, 4) is 0 Å². The van der Waals surface area contributed by atoms with E-state index in [9.17, 15) is 26.7 Å². The fraction of sp³-hybridized carbons (Fsp3) is 0.200. The van der Waals surface area contributed by atoms with Crippen LogP contribution in [0.15, 0.2) is 42.6 Å². The van der Waals surface area contributed by atoms with Crippen LogP contribution in [0.1, 0.15) is 15.9 Å². The molecule has 1 heterocycles. The highest BCUT2D eigenvalue weighted by Crippen LogP contribution is 2.37. The zero-order valence-electron chi connectivity index (χ0n) is 11.9. The number of alkyl halides is 5. The number of pyridine rings is 1. The van der Waals surface area contributed by atoms with E-state index in [1.54, 1.807) is 0 Å². The maximum atomic E-state index is 13.1. The van der Waals surface area contributed by atoms with E-state index in [0.29, 0.717) is 4.90 Å². The molecule has 9 heteroatoms. The molecular formula is C15H10ClF5N2O. The van der Waals surface area contributed by atoms with Crippen molar-refractivity contribution in [1.82, 2.24) is 4.98 Å². The van der Waals surface area contributed by atoms with Crippen molar-refractivity contribution < 1.29 is 26.7 Å².